The predicted molar refractivity (Wildman–Crippen MR) is 74.6 cm³/mol. The van der Waals surface area contributed by atoms with Gasteiger partial charge in [-0.2, -0.15) is 0 Å². The molecule has 0 aliphatic carbocycles. The van der Waals surface area contributed by atoms with E-state index >= 15 is 0 Å². The highest BCUT2D eigenvalue weighted by molar-refractivity contribution is 5.68. The van der Waals surface area contributed by atoms with Crippen LogP contribution in [0.5, 0.6) is 5.75 Å². The Hall–Kier alpha value is -1.82. The molecule has 1 aromatic carbocycles. The summed E-state index contributed by atoms with van der Waals surface area (Å²) in [5.74, 6) is -0.703. The number of carbonyl (C=O) groups excluding carboxylic acids is 1. The molecule has 0 bridgehead atoms. The van der Waals surface area contributed by atoms with Crippen LogP contribution in [0.4, 0.5) is 9.18 Å². The van der Waals surface area contributed by atoms with Gasteiger partial charge in [-0.15, -0.1) is 0 Å². The fraction of sp³-hybridized carbons (Fsp3) is 0.533. The van der Waals surface area contributed by atoms with Gasteiger partial charge >= 0.3 is 6.09 Å². The number of benzene rings is 1. The molecule has 0 aromatic heterocycles. The van der Waals surface area contributed by atoms with E-state index in [1.165, 1.54) is 17.0 Å². The van der Waals surface area contributed by atoms with Crippen LogP contribution in [-0.2, 0) is 9.47 Å². The highest BCUT2D eigenvalue weighted by Gasteiger charge is 2.29. The Morgan fingerprint density at radius 2 is 2.14 bits per heavy atom. The van der Waals surface area contributed by atoms with Gasteiger partial charge < -0.3 is 19.5 Å². The van der Waals surface area contributed by atoms with Crippen LogP contribution in [0.2, 0.25) is 0 Å². The average Bonchev–Trinajstić information content (AvgIpc) is 2.36. The number of phenols is 1. The highest BCUT2D eigenvalue weighted by atomic mass is 19.1. The second-order valence-electron chi connectivity index (χ2n) is 6.03. The number of amides is 1. The van der Waals surface area contributed by atoms with Gasteiger partial charge in [0.25, 0.3) is 0 Å². The second-order valence-corrected chi connectivity index (χ2v) is 6.03. The molecule has 0 radical (unpaired) electrons. The molecule has 0 unspecified atom stereocenters. The van der Waals surface area contributed by atoms with Crippen LogP contribution in [0.25, 0.3) is 0 Å². The lowest BCUT2D eigenvalue weighted by molar-refractivity contribution is -0.0434. The molecular formula is C15H20FNO4. The molecule has 1 N–H and O–H groups in total. The molecular weight excluding hydrogens is 277 g/mol. The molecule has 1 aromatic rings. The first-order valence-corrected chi connectivity index (χ1v) is 6.83. The first-order valence-electron chi connectivity index (χ1n) is 6.83. The molecule has 116 valence electrons. The summed E-state index contributed by atoms with van der Waals surface area (Å²) in [6.45, 7) is 6.42. The Kier molecular flexibility index (Phi) is 4.37. The Balaban J connectivity index is 2.08. The SMILES string of the molecule is CC(C)(C)OC(=O)N1CCO[C@H](c2cc(O)cc(F)c2)C1. The van der Waals surface area contributed by atoms with Crippen LogP contribution in [0.3, 0.4) is 0 Å². The van der Waals surface area contributed by atoms with Crippen molar-refractivity contribution in [3.8, 4) is 5.75 Å². The fourth-order valence-electron chi connectivity index (χ4n) is 2.13. The van der Waals surface area contributed by atoms with E-state index in [1.54, 1.807) is 20.8 Å². The maximum atomic E-state index is 13.3. The third kappa shape index (κ3) is 4.32. The lowest BCUT2D eigenvalue weighted by Gasteiger charge is -2.34. The van der Waals surface area contributed by atoms with Gasteiger partial charge in [-0.3, -0.25) is 0 Å². The molecule has 1 saturated heterocycles. The van der Waals surface area contributed by atoms with Gasteiger partial charge in [0.1, 0.15) is 23.3 Å². The van der Waals surface area contributed by atoms with Crippen LogP contribution >= 0.6 is 0 Å². The van der Waals surface area contributed by atoms with Gasteiger partial charge in [-0.05, 0) is 38.5 Å². The number of aromatic hydroxyl groups is 1. The molecule has 6 heteroatoms. The van der Waals surface area contributed by atoms with Crippen molar-refractivity contribution in [3.05, 3.63) is 29.6 Å². The van der Waals surface area contributed by atoms with Crippen molar-refractivity contribution in [2.45, 2.75) is 32.5 Å². The summed E-state index contributed by atoms with van der Waals surface area (Å²) >= 11 is 0. The number of hydrogen-bond donors (Lipinski definition) is 1. The van der Waals surface area contributed by atoms with Crippen LogP contribution in [-0.4, -0.2) is 41.4 Å². The number of halogens is 1. The number of phenolic OH excluding ortho intramolecular Hbond substituents is 1. The first kappa shape index (κ1) is 15.6. The lowest BCUT2D eigenvalue weighted by Crippen LogP contribution is -2.44. The van der Waals surface area contributed by atoms with E-state index < -0.39 is 23.6 Å². The molecule has 0 spiro atoms. The van der Waals surface area contributed by atoms with Gasteiger partial charge in [-0.1, -0.05) is 0 Å². The van der Waals surface area contributed by atoms with Crippen molar-refractivity contribution in [2.24, 2.45) is 0 Å². The summed E-state index contributed by atoms with van der Waals surface area (Å²) in [7, 11) is 0. The summed E-state index contributed by atoms with van der Waals surface area (Å²) < 4.78 is 24.2. The monoisotopic (exact) mass is 297 g/mol. The van der Waals surface area contributed by atoms with Crippen LogP contribution in [0.1, 0.15) is 32.4 Å². The van der Waals surface area contributed by atoms with Crippen molar-refractivity contribution in [2.75, 3.05) is 19.7 Å². The maximum Gasteiger partial charge on any atom is 0.410 e. The Morgan fingerprint density at radius 1 is 1.43 bits per heavy atom. The normalized spacial score (nSPS) is 19.4. The zero-order valence-electron chi connectivity index (χ0n) is 12.4. The smallest absolute Gasteiger partial charge is 0.410 e. The Bertz CT molecular complexity index is 507. The zero-order chi connectivity index (χ0) is 15.6. The minimum Gasteiger partial charge on any atom is -0.508 e. The predicted octanol–water partition coefficient (Wildman–Crippen LogP) is 2.84. The molecule has 1 amide bonds. The summed E-state index contributed by atoms with van der Waals surface area (Å²) in [4.78, 5) is 13.6. The standard InChI is InChI=1S/C15H20FNO4/c1-15(2,3)21-14(19)17-4-5-20-13(9-17)10-6-11(16)8-12(18)7-10/h6-8,13,18H,4-5,9H2,1-3H3/t13-/m0/s1. The maximum absolute atomic E-state index is 13.3. The highest BCUT2D eigenvalue weighted by Crippen LogP contribution is 2.27. The van der Waals surface area contributed by atoms with Crippen LogP contribution in [0, 0.1) is 5.82 Å². The van der Waals surface area contributed by atoms with E-state index in [-0.39, 0.29) is 12.3 Å². The van der Waals surface area contributed by atoms with Crippen molar-refractivity contribution in [3.63, 3.8) is 0 Å². The van der Waals surface area contributed by atoms with Crippen molar-refractivity contribution >= 4 is 6.09 Å². The Labute approximate surface area is 123 Å². The van der Waals surface area contributed by atoms with Gasteiger partial charge in [0, 0.05) is 12.6 Å². The number of hydrogen-bond acceptors (Lipinski definition) is 4. The number of ether oxygens (including phenoxy) is 2. The number of morpholine rings is 1. The van der Waals surface area contributed by atoms with E-state index in [2.05, 4.69) is 0 Å². The first-order chi connectivity index (χ1) is 9.74. The molecule has 1 aliphatic heterocycles. The third-order valence-electron chi connectivity index (χ3n) is 2.99. The summed E-state index contributed by atoms with van der Waals surface area (Å²) in [5, 5.41) is 9.45. The van der Waals surface area contributed by atoms with Gasteiger partial charge in [0.15, 0.2) is 0 Å². The van der Waals surface area contributed by atoms with Crippen molar-refractivity contribution in [1.82, 2.24) is 4.90 Å². The van der Waals surface area contributed by atoms with Crippen molar-refractivity contribution < 1.29 is 23.8 Å². The molecule has 21 heavy (non-hydrogen) atoms. The summed E-state index contributed by atoms with van der Waals surface area (Å²) in [6, 6.07) is 3.76. The average molecular weight is 297 g/mol. The molecule has 2 rings (SSSR count). The minimum absolute atomic E-state index is 0.164. The Morgan fingerprint density at radius 3 is 2.76 bits per heavy atom. The van der Waals surface area contributed by atoms with Gasteiger partial charge in [0.05, 0.1) is 13.2 Å². The van der Waals surface area contributed by atoms with E-state index in [4.69, 9.17) is 9.47 Å². The number of nitrogens with zero attached hydrogens (tertiary/aromatic N) is 1. The topological polar surface area (TPSA) is 59.0 Å². The van der Waals surface area contributed by atoms with Gasteiger partial charge in [-0.25, -0.2) is 9.18 Å². The molecule has 1 atom stereocenters. The summed E-state index contributed by atoms with van der Waals surface area (Å²) in [5.41, 5.74) is -0.0668. The molecule has 5 nitrogen and oxygen atoms in total. The van der Waals surface area contributed by atoms with E-state index in [0.717, 1.165) is 6.07 Å². The van der Waals surface area contributed by atoms with Crippen LogP contribution in [0.15, 0.2) is 18.2 Å². The number of carbonyl (C=O) groups is 1. The lowest BCUT2D eigenvalue weighted by atomic mass is 10.1. The van der Waals surface area contributed by atoms with Crippen LogP contribution < -0.4 is 0 Å². The minimum atomic E-state index is -0.567. The number of rotatable bonds is 1. The zero-order valence-corrected chi connectivity index (χ0v) is 12.4. The van der Waals surface area contributed by atoms with Gasteiger partial charge in [0.2, 0.25) is 0 Å². The third-order valence-corrected chi connectivity index (χ3v) is 2.99. The molecule has 1 heterocycles. The summed E-state index contributed by atoms with van der Waals surface area (Å²) in [6.07, 6.45) is -0.899. The van der Waals surface area contributed by atoms with E-state index in [0.29, 0.717) is 18.7 Å². The van der Waals surface area contributed by atoms with Crippen molar-refractivity contribution in [1.29, 1.82) is 0 Å². The molecule has 1 fully saturated rings. The van der Waals surface area contributed by atoms with E-state index in [1.807, 2.05) is 0 Å². The van der Waals surface area contributed by atoms with E-state index in [9.17, 15) is 14.3 Å². The fourth-order valence-corrected chi connectivity index (χ4v) is 2.13. The molecule has 0 saturated carbocycles. The largest absolute Gasteiger partial charge is 0.508 e. The second kappa shape index (κ2) is 5.89. The molecule has 1 aliphatic rings. The quantitative estimate of drug-likeness (QED) is 0.866.